The van der Waals surface area contributed by atoms with E-state index in [1.54, 1.807) is 19.4 Å². The van der Waals surface area contributed by atoms with E-state index in [0.717, 1.165) is 10.9 Å². The summed E-state index contributed by atoms with van der Waals surface area (Å²) in [5, 5.41) is 22.1. The molecule has 0 aliphatic heterocycles. The molecule has 3 rings (SSSR count). The number of aromatic amines is 1. The molecule has 9 nitrogen and oxygen atoms in total. The first-order valence-electron chi connectivity index (χ1n) is 7.72. The van der Waals surface area contributed by atoms with Crippen molar-refractivity contribution in [2.75, 3.05) is 30.6 Å². The average Bonchev–Trinajstić information content (AvgIpc) is 3.07. The second-order valence-electron chi connectivity index (χ2n) is 5.37. The van der Waals surface area contributed by atoms with Gasteiger partial charge in [-0.05, 0) is 31.2 Å². The summed E-state index contributed by atoms with van der Waals surface area (Å²) in [7, 11) is 1.59. The summed E-state index contributed by atoms with van der Waals surface area (Å²) in [6.07, 6.45) is 1.69. The van der Waals surface area contributed by atoms with Crippen LogP contribution in [0.5, 0.6) is 0 Å². The van der Waals surface area contributed by atoms with Crippen molar-refractivity contribution in [1.29, 1.82) is 0 Å². The molecule has 130 valence electrons. The van der Waals surface area contributed by atoms with Crippen molar-refractivity contribution < 1.29 is 9.66 Å². The highest BCUT2D eigenvalue weighted by molar-refractivity contribution is 5.83. The van der Waals surface area contributed by atoms with E-state index in [4.69, 9.17) is 4.74 Å². The first kappa shape index (κ1) is 16.7. The van der Waals surface area contributed by atoms with Gasteiger partial charge in [0.1, 0.15) is 12.5 Å². The van der Waals surface area contributed by atoms with Crippen LogP contribution in [0.2, 0.25) is 0 Å². The Morgan fingerprint density at radius 3 is 2.92 bits per heavy atom. The predicted molar refractivity (Wildman–Crippen MR) is 95.2 cm³/mol. The van der Waals surface area contributed by atoms with Crippen LogP contribution in [0.15, 0.2) is 36.5 Å². The SMILES string of the molecule is CCN(COC)c1ccc([N+](=O)[O-])c(Nc2ccc3[nH]ncc3c2)n1. The molecule has 0 atom stereocenters. The Labute approximate surface area is 143 Å². The van der Waals surface area contributed by atoms with Crippen molar-refractivity contribution in [2.24, 2.45) is 0 Å². The lowest BCUT2D eigenvalue weighted by molar-refractivity contribution is -0.384. The van der Waals surface area contributed by atoms with E-state index >= 15 is 0 Å². The van der Waals surface area contributed by atoms with Gasteiger partial charge < -0.3 is 15.0 Å². The van der Waals surface area contributed by atoms with Gasteiger partial charge in [0.05, 0.1) is 16.6 Å². The molecule has 0 spiro atoms. The third-order valence-electron chi connectivity index (χ3n) is 3.75. The van der Waals surface area contributed by atoms with Crippen LogP contribution in [-0.4, -0.2) is 40.5 Å². The number of aromatic nitrogens is 3. The molecule has 3 aromatic rings. The smallest absolute Gasteiger partial charge is 0.311 e. The molecular formula is C16H18N6O3. The second-order valence-corrected chi connectivity index (χ2v) is 5.37. The van der Waals surface area contributed by atoms with Gasteiger partial charge in [-0.2, -0.15) is 5.10 Å². The highest BCUT2D eigenvalue weighted by Gasteiger charge is 2.18. The van der Waals surface area contributed by atoms with Crippen LogP contribution in [-0.2, 0) is 4.74 Å². The minimum atomic E-state index is -0.456. The van der Waals surface area contributed by atoms with Crippen molar-refractivity contribution in [2.45, 2.75) is 6.92 Å². The normalized spacial score (nSPS) is 10.8. The van der Waals surface area contributed by atoms with E-state index < -0.39 is 4.92 Å². The van der Waals surface area contributed by atoms with Crippen LogP contribution in [0, 0.1) is 10.1 Å². The molecule has 9 heteroatoms. The van der Waals surface area contributed by atoms with E-state index in [-0.39, 0.29) is 11.5 Å². The first-order chi connectivity index (χ1) is 12.1. The monoisotopic (exact) mass is 342 g/mol. The molecule has 25 heavy (non-hydrogen) atoms. The van der Waals surface area contributed by atoms with Crippen molar-refractivity contribution >= 4 is 33.9 Å². The van der Waals surface area contributed by atoms with Crippen LogP contribution in [0.1, 0.15) is 6.92 Å². The van der Waals surface area contributed by atoms with E-state index in [1.165, 1.54) is 6.07 Å². The predicted octanol–water partition coefficient (Wildman–Crippen LogP) is 3.04. The largest absolute Gasteiger partial charge is 0.364 e. The zero-order valence-electron chi connectivity index (χ0n) is 13.9. The molecule has 0 aliphatic rings. The number of hydrogen-bond acceptors (Lipinski definition) is 7. The number of H-pyrrole nitrogens is 1. The van der Waals surface area contributed by atoms with Crippen LogP contribution >= 0.6 is 0 Å². The maximum Gasteiger partial charge on any atom is 0.311 e. The van der Waals surface area contributed by atoms with E-state index in [9.17, 15) is 10.1 Å². The molecule has 0 fully saturated rings. The number of nitrogens with one attached hydrogen (secondary N) is 2. The summed E-state index contributed by atoms with van der Waals surface area (Å²) < 4.78 is 5.15. The molecule has 2 aromatic heterocycles. The van der Waals surface area contributed by atoms with E-state index in [0.29, 0.717) is 24.8 Å². The standard InChI is InChI=1S/C16H18N6O3/c1-3-21(10-25-2)15-7-6-14(22(23)24)16(19-15)18-12-4-5-13-11(8-12)9-17-20-13/h4-9H,3,10H2,1-2H3,(H,17,20)(H,18,19). The molecule has 0 radical (unpaired) electrons. The maximum absolute atomic E-state index is 11.3. The number of nitrogens with zero attached hydrogens (tertiary/aromatic N) is 4. The molecule has 1 aromatic carbocycles. The van der Waals surface area contributed by atoms with Crippen LogP contribution in [0.25, 0.3) is 10.9 Å². The fourth-order valence-electron chi connectivity index (χ4n) is 2.49. The fraction of sp³-hybridized carbons (Fsp3) is 0.250. The average molecular weight is 342 g/mol. The van der Waals surface area contributed by atoms with Gasteiger partial charge in [0.2, 0.25) is 5.82 Å². The Morgan fingerprint density at radius 2 is 2.20 bits per heavy atom. The number of rotatable bonds is 7. The van der Waals surface area contributed by atoms with Crippen LogP contribution < -0.4 is 10.2 Å². The Hall–Kier alpha value is -3.20. The fourth-order valence-corrected chi connectivity index (χ4v) is 2.49. The summed E-state index contributed by atoms with van der Waals surface area (Å²) in [6.45, 7) is 2.98. The summed E-state index contributed by atoms with van der Waals surface area (Å²) in [5.74, 6) is 0.779. The van der Waals surface area contributed by atoms with Crippen molar-refractivity contribution in [1.82, 2.24) is 15.2 Å². The molecule has 0 saturated heterocycles. The van der Waals surface area contributed by atoms with Gasteiger partial charge >= 0.3 is 5.69 Å². The topological polar surface area (TPSA) is 109 Å². The Morgan fingerprint density at radius 1 is 1.36 bits per heavy atom. The molecule has 0 unspecified atom stereocenters. The van der Waals surface area contributed by atoms with Crippen molar-refractivity contribution in [3.05, 3.63) is 46.6 Å². The molecular weight excluding hydrogens is 324 g/mol. The summed E-state index contributed by atoms with van der Waals surface area (Å²) >= 11 is 0. The first-order valence-corrected chi connectivity index (χ1v) is 7.72. The van der Waals surface area contributed by atoms with Gasteiger partial charge in [-0.1, -0.05) is 0 Å². The van der Waals surface area contributed by atoms with Gasteiger partial charge in [0.15, 0.2) is 0 Å². The highest BCUT2D eigenvalue weighted by atomic mass is 16.6. The van der Waals surface area contributed by atoms with Gasteiger partial charge in [0, 0.05) is 30.8 Å². The number of benzene rings is 1. The number of methoxy groups -OCH3 is 1. The lowest BCUT2D eigenvalue weighted by atomic mass is 10.2. The molecule has 0 amide bonds. The molecule has 0 saturated carbocycles. The van der Waals surface area contributed by atoms with Gasteiger partial charge in [-0.15, -0.1) is 0 Å². The second kappa shape index (κ2) is 7.14. The van der Waals surface area contributed by atoms with Gasteiger partial charge in [-0.25, -0.2) is 4.98 Å². The number of hydrogen-bond donors (Lipinski definition) is 2. The van der Waals surface area contributed by atoms with Crippen molar-refractivity contribution in [3.8, 4) is 0 Å². The molecule has 2 N–H and O–H groups in total. The molecule has 0 aliphatic carbocycles. The maximum atomic E-state index is 11.3. The Bertz CT molecular complexity index is 894. The number of fused-ring (bicyclic) bond motifs is 1. The zero-order chi connectivity index (χ0) is 17.8. The Balaban J connectivity index is 1.97. The van der Waals surface area contributed by atoms with Crippen molar-refractivity contribution in [3.63, 3.8) is 0 Å². The zero-order valence-corrected chi connectivity index (χ0v) is 13.9. The minimum absolute atomic E-state index is 0.0930. The van der Waals surface area contributed by atoms with E-state index in [1.807, 2.05) is 30.0 Å². The van der Waals surface area contributed by atoms with E-state index in [2.05, 4.69) is 20.5 Å². The van der Waals surface area contributed by atoms with Crippen LogP contribution in [0.3, 0.4) is 0 Å². The lowest BCUT2D eigenvalue weighted by Crippen LogP contribution is -2.26. The molecule has 0 bridgehead atoms. The number of pyridine rings is 1. The summed E-state index contributed by atoms with van der Waals surface area (Å²) in [4.78, 5) is 17.2. The van der Waals surface area contributed by atoms with Gasteiger partial charge in [-0.3, -0.25) is 15.2 Å². The Kier molecular flexibility index (Phi) is 4.75. The molecule has 2 heterocycles. The third kappa shape index (κ3) is 3.50. The number of anilines is 3. The lowest BCUT2D eigenvalue weighted by Gasteiger charge is -2.21. The van der Waals surface area contributed by atoms with Crippen LogP contribution in [0.4, 0.5) is 23.0 Å². The van der Waals surface area contributed by atoms with Gasteiger partial charge in [0.25, 0.3) is 0 Å². The quantitative estimate of drug-likeness (QED) is 0.386. The highest BCUT2D eigenvalue weighted by Crippen LogP contribution is 2.29. The summed E-state index contributed by atoms with van der Waals surface area (Å²) in [5.41, 5.74) is 1.49. The number of nitro groups is 1. The summed E-state index contributed by atoms with van der Waals surface area (Å²) in [6, 6.07) is 8.57. The minimum Gasteiger partial charge on any atom is -0.364 e. The number of ether oxygens (including phenoxy) is 1. The third-order valence-corrected chi connectivity index (χ3v) is 3.75.